The van der Waals surface area contributed by atoms with Gasteiger partial charge in [-0.05, 0) is 30.5 Å². The van der Waals surface area contributed by atoms with Gasteiger partial charge in [-0.15, -0.1) is 0 Å². The Kier molecular flexibility index (Phi) is 7.25. The molecule has 1 rings (SSSR count). The lowest BCUT2D eigenvalue weighted by atomic mass is 10.0. The number of hydrazine groups is 1. The molecular formula is C14H22ClFN2. The number of nitrogens with one attached hydrogen (secondary N) is 1. The zero-order valence-corrected chi connectivity index (χ0v) is 11.6. The predicted molar refractivity (Wildman–Crippen MR) is 75.0 cm³/mol. The van der Waals surface area contributed by atoms with E-state index in [4.69, 9.17) is 17.4 Å². The van der Waals surface area contributed by atoms with Crippen molar-refractivity contribution < 1.29 is 4.39 Å². The summed E-state index contributed by atoms with van der Waals surface area (Å²) in [6.07, 6.45) is 6.62. The quantitative estimate of drug-likeness (QED) is 0.429. The molecule has 1 atom stereocenters. The van der Waals surface area contributed by atoms with E-state index < -0.39 is 0 Å². The number of hydrogen-bond acceptors (Lipinski definition) is 2. The summed E-state index contributed by atoms with van der Waals surface area (Å²) in [5, 5.41) is 0.476. The summed E-state index contributed by atoms with van der Waals surface area (Å²) in [5.41, 5.74) is 3.76. The van der Waals surface area contributed by atoms with E-state index in [1.54, 1.807) is 6.07 Å². The van der Waals surface area contributed by atoms with Crippen LogP contribution in [0.4, 0.5) is 4.39 Å². The minimum Gasteiger partial charge on any atom is -0.271 e. The van der Waals surface area contributed by atoms with Gasteiger partial charge in [0.05, 0.1) is 0 Å². The summed E-state index contributed by atoms with van der Waals surface area (Å²) in [4.78, 5) is 0. The molecule has 0 radical (unpaired) electrons. The minimum atomic E-state index is -0.302. The van der Waals surface area contributed by atoms with E-state index in [9.17, 15) is 4.39 Å². The first kappa shape index (κ1) is 15.4. The fraction of sp³-hybridized carbons (Fsp3) is 0.571. The van der Waals surface area contributed by atoms with Crippen molar-refractivity contribution in [2.75, 3.05) is 0 Å². The molecule has 0 aliphatic carbocycles. The Labute approximate surface area is 114 Å². The Morgan fingerprint density at radius 1 is 1.33 bits per heavy atom. The van der Waals surface area contributed by atoms with Gasteiger partial charge in [0.25, 0.3) is 0 Å². The average Bonchev–Trinajstić information content (AvgIpc) is 2.35. The standard InChI is InChI=1S/C14H22ClFN2/c1-2-3-4-5-6-13(18-17)9-11-7-8-12(16)10-14(11)15/h7-8,10,13,18H,2-6,9,17H2,1H3. The molecule has 0 heterocycles. The van der Waals surface area contributed by atoms with Crippen LogP contribution < -0.4 is 11.3 Å². The maximum absolute atomic E-state index is 12.9. The van der Waals surface area contributed by atoms with Crippen molar-refractivity contribution in [3.63, 3.8) is 0 Å². The first-order valence-electron chi connectivity index (χ1n) is 6.57. The molecular weight excluding hydrogens is 251 g/mol. The number of unbranched alkanes of at least 4 members (excludes halogenated alkanes) is 3. The van der Waals surface area contributed by atoms with Crippen LogP contribution in [-0.4, -0.2) is 6.04 Å². The Morgan fingerprint density at radius 2 is 2.11 bits per heavy atom. The highest BCUT2D eigenvalue weighted by molar-refractivity contribution is 6.31. The number of hydrogen-bond donors (Lipinski definition) is 2. The highest BCUT2D eigenvalue weighted by Crippen LogP contribution is 2.20. The molecule has 0 spiro atoms. The van der Waals surface area contributed by atoms with Gasteiger partial charge in [0.2, 0.25) is 0 Å². The first-order chi connectivity index (χ1) is 8.67. The van der Waals surface area contributed by atoms with Gasteiger partial charge in [0.15, 0.2) is 0 Å². The molecule has 0 amide bonds. The fourth-order valence-corrected chi connectivity index (χ4v) is 2.26. The molecule has 1 aromatic rings. The van der Waals surface area contributed by atoms with Crippen molar-refractivity contribution in [3.05, 3.63) is 34.6 Å². The van der Waals surface area contributed by atoms with Crippen molar-refractivity contribution in [2.24, 2.45) is 5.84 Å². The van der Waals surface area contributed by atoms with E-state index in [0.717, 1.165) is 24.8 Å². The van der Waals surface area contributed by atoms with Crippen LogP contribution in [0.3, 0.4) is 0 Å². The molecule has 1 aromatic carbocycles. The van der Waals surface area contributed by atoms with E-state index in [1.807, 2.05) is 0 Å². The predicted octanol–water partition coefficient (Wildman–Crippen LogP) is 3.82. The lowest BCUT2D eigenvalue weighted by Crippen LogP contribution is -2.36. The van der Waals surface area contributed by atoms with Crippen LogP contribution in [0.5, 0.6) is 0 Å². The van der Waals surface area contributed by atoms with Crippen LogP contribution in [0.25, 0.3) is 0 Å². The highest BCUT2D eigenvalue weighted by atomic mass is 35.5. The van der Waals surface area contributed by atoms with Crippen LogP contribution in [-0.2, 0) is 6.42 Å². The monoisotopic (exact) mass is 272 g/mol. The summed E-state index contributed by atoms with van der Waals surface area (Å²) in [6, 6.07) is 4.71. The van der Waals surface area contributed by atoms with Gasteiger partial charge in [-0.1, -0.05) is 50.3 Å². The SMILES string of the molecule is CCCCCCC(Cc1ccc(F)cc1Cl)NN. The Balaban J connectivity index is 2.46. The van der Waals surface area contributed by atoms with Crippen molar-refractivity contribution in [1.82, 2.24) is 5.43 Å². The normalized spacial score (nSPS) is 12.7. The van der Waals surface area contributed by atoms with Gasteiger partial charge in [-0.25, -0.2) is 4.39 Å². The van der Waals surface area contributed by atoms with Crippen LogP contribution in [0.2, 0.25) is 5.02 Å². The second kappa shape index (κ2) is 8.46. The van der Waals surface area contributed by atoms with E-state index in [2.05, 4.69) is 12.3 Å². The van der Waals surface area contributed by atoms with E-state index in [1.165, 1.54) is 31.4 Å². The smallest absolute Gasteiger partial charge is 0.124 e. The third-order valence-corrected chi connectivity index (χ3v) is 3.48. The van der Waals surface area contributed by atoms with E-state index >= 15 is 0 Å². The largest absolute Gasteiger partial charge is 0.271 e. The summed E-state index contributed by atoms with van der Waals surface area (Å²) in [5.74, 6) is 5.25. The molecule has 0 fully saturated rings. The molecule has 0 aliphatic rings. The second-order valence-corrected chi connectivity index (χ2v) is 5.06. The lowest BCUT2D eigenvalue weighted by molar-refractivity contribution is 0.463. The van der Waals surface area contributed by atoms with E-state index in [0.29, 0.717) is 5.02 Å². The van der Waals surface area contributed by atoms with Crippen molar-refractivity contribution >= 4 is 11.6 Å². The summed E-state index contributed by atoms with van der Waals surface area (Å²) in [6.45, 7) is 2.19. The molecule has 0 aromatic heterocycles. The summed E-state index contributed by atoms with van der Waals surface area (Å²) < 4.78 is 12.9. The average molecular weight is 273 g/mol. The summed E-state index contributed by atoms with van der Waals surface area (Å²) >= 11 is 6.01. The van der Waals surface area contributed by atoms with E-state index in [-0.39, 0.29) is 11.9 Å². The van der Waals surface area contributed by atoms with Gasteiger partial charge in [0.1, 0.15) is 5.82 Å². The third-order valence-electron chi connectivity index (χ3n) is 3.12. The van der Waals surface area contributed by atoms with Crippen LogP contribution in [0, 0.1) is 5.82 Å². The Hall–Kier alpha value is -0.640. The number of rotatable bonds is 8. The van der Waals surface area contributed by atoms with Crippen LogP contribution in [0.1, 0.15) is 44.6 Å². The van der Waals surface area contributed by atoms with Gasteiger partial charge < -0.3 is 0 Å². The maximum atomic E-state index is 12.9. The van der Waals surface area contributed by atoms with Crippen LogP contribution >= 0.6 is 11.6 Å². The zero-order valence-electron chi connectivity index (χ0n) is 10.9. The number of benzene rings is 1. The molecule has 0 bridgehead atoms. The number of halogens is 2. The third kappa shape index (κ3) is 5.34. The van der Waals surface area contributed by atoms with Crippen LogP contribution in [0.15, 0.2) is 18.2 Å². The van der Waals surface area contributed by atoms with Gasteiger partial charge in [-0.3, -0.25) is 11.3 Å². The minimum absolute atomic E-state index is 0.199. The molecule has 0 saturated heterocycles. The lowest BCUT2D eigenvalue weighted by Gasteiger charge is -2.16. The molecule has 2 nitrogen and oxygen atoms in total. The van der Waals surface area contributed by atoms with Gasteiger partial charge in [-0.2, -0.15) is 0 Å². The summed E-state index contributed by atoms with van der Waals surface area (Å²) in [7, 11) is 0. The van der Waals surface area contributed by atoms with Crippen molar-refractivity contribution in [3.8, 4) is 0 Å². The molecule has 1 unspecified atom stereocenters. The molecule has 102 valence electrons. The molecule has 3 N–H and O–H groups in total. The molecule has 18 heavy (non-hydrogen) atoms. The number of nitrogens with two attached hydrogens (primary N) is 1. The fourth-order valence-electron chi connectivity index (χ4n) is 2.01. The van der Waals surface area contributed by atoms with Crippen molar-refractivity contribution in [2.45, 2.75) is 51.5 Å². The molecule has 4 heteroatoms. The second-order valence-electron chi connectivity index (χ2n) is 4.65. The molecule has 0 saturated carbocycles. The topological polar surface area (TPSA) is 38.0 Å². The zero-order chi connectivity index (χ0) is 13.4. The first-order valence-corrected chi connectivity index (χ1v) is 6.95. The molecule has 0 aliphatic heterocycles. The Bertz CT molecular complexity index is 358. The Morgan fingerprint density at radius 3 is 2.72 bits per heavy atom. The van der Waals surface area contributed by atoms with Gasteiger partial charge in [0, 0.05) is 11.1 Å². The maximum Gasteiger partial charge on any atom is 0.124 e. The highest BCUT2D eigenvalue weighted by Gasteiger charge is 2.10. The van der Waals surface area contributed by atoms with Gasteiger partial charge >= 0.3 is 0 Å². The van der Waals surface area contributed by atoms with Crippen molar-refractivity contribution in [1.29, 1.82) is 0 Å².